The minimum Gasteiger partial charge on any atom is -0.469 e. The number of nitrogens with one attached hydrogen (secondary N) is 1. The zero-order chi connectivity index (χ0) is 12.5. The number of carbonyl (C=O) groups excluding carboxylic acids is 1. The van der Waals surface area contributed by atoms with E-state index >= 15 is 0 Å². The van der Waals surface area contributed by atoms with Crippen molar-refractivity contribution in [3.63, 3.8) is 0 Å². The van der Waals surface area contributed by atoms with Crippen molar-refractivity contribution in [2.75, 3.05) is 12.9 Å². The van der Waals surface area contributed by atoms with E-state index in [2.05, 4.69) is 10.1 Å². The maximum atomic E-state index is 10.9. The second kappa shape index (κ2) is 8.08. The summed E-state index contributed by atoms with van der Waals surface area (Å²) in [5.41, 5.74) is 1.18. The molecule has 0 amide bonds. The van der Waals surface area contributed by atoms with Crippen molar-refractivity contribution in [2.24, 2.45) is 0 Å². The quantitative estimate of drug-likeness (QED) is 0.656. The lowest BCUT2D eigenvalue weighted by Gasteiger charge is -2.06. The van der Waals surface area contributed by atoms with Crippen LogP contribution in [0, 0.1) is 0 Å². The van der Waals surface area contributed by atoms with Crippen molar-refractivity contribution in [3.8, 4) is 0 Å². The fraction of sp³-hybridized carbons (Fsp3) is 0.333. The Balaban J connectivity index is 2.16. The normalized spacial score (nSPS) is 9.71. The van der Waals surface area contributed by atoms with Gasteiger partial charge in [0, 0.05) is 12.3 Å². The van der Waals surface area contributed by atoms with Crippen LogP contribution in [0.1, 0.15) is 12.0 Å². The molecule has 0 atom stereocenters. The fourth-order valence-corrected chi connectivity index (χ4v) is 2.10. The number of ether oxygens (including phenoxy) is 1. The van der Waals surface area contributed by atoms with Crippen molar-refractivity contribution in [1.82, 2.24) is 5.32 Å². The summed E-state index contributed by atoms with van der Waals surface area (Å²) >= 11 is 6.60. The molecule has 0 aliphatic rings. The topological polar surface area (TPSA) is 38.3 Å². The predicted molar refractivity (Wildman–Crippen MR) is 75.0 cm³/mol. The smallest absolute Gasteiger partial charge is 0.306 e. The number of hydrogen-bond acceptors (Lipinski definition) is 4. The Morgan fingerprint density at radius 2 is 2.12 bits per heavy atom. The SMILES string of the molecule is COC(=O)CCSC(=S)NCc1ccccc1. The Hall–Kier alpha value is -1.07. The highest BCUT2D eigenvalue weighted by Gasteiger charge is 2.02. The van der Waals surface area contributed by atoms with Crippen LogP contribution in [0.2, 0.25) is 0 Å². The van der Waals surface area contributed by atoms with Gasteiger partial charge < -0.3 is 10.1 Å². The Kier molecular flexibility index (Phi) is 6.65. The summed E-state index contributed by atoms with van der Waals surface area (Å²) in [4.78, 5) is 10.9. The van der Waals surface area contributed by atoms with Gasteiger partial charge in [-0.25, -0.2) is 0 Å². The van der Waals surface area contributed by atoms with E-state index in [1.54, 1.807) is 0 Å². The molecule has 0 fully saturated rings. The highest BCUT2D eigenvalue weighted by atomic mass is 32.2. The Morgan fingerprint density at radius 1 is 1.41 bits per heavy atom. The molecule has 1 rings (SSSR count). The third kappa shape index (κ3) is 6.28. The first-order valence-corrected chi connectivity index (χ1v) is 6.63. The average Bonchev–Trinajstić information content (AvgIpc) is 2.37. The lowest BCUT2D eigenvalue weighted by Crippen LogP contribution is -2.18. The van der Waals surface area contributed by atoms with Crippen molar-refractivity contribution < 1.29 is 9.53 Å². The van der Waals surface area contributed by atoms with E-state index in [0.717, 1.165) is 0 Å². The Labute approximate surface area is 111 Å². The van der Waals surface area contributed by atoms with Gasteiger partial charge in [-0.2, -0.15) is 0 Å². The van der Waals surface area contributed by atoms with Crippen LogP contribution in [0.25, 0.3) is 0 Å². The van der Waals surface area contributed by atoms with E-state index in [1.165, 1.54) is 24.4 Å². The Morgan fingerprint density at radius 3 is 2.76 bits per heavy atom. The summed E-state index contributed by atoms with van der Waals surface area (Å²) < 4.78 is 5.25. The maximum Gasteiger partial charge on any atom is 0.306 e. The number of hydrogen-bond donors (Lipinski definition) is 1. The van der Waals surface area contributed by atoms with Gasteiger partial charge in [0.25, 0.3) is 0 Å². The van der Waals surface area contributed by atoms with Crippen molar-refractivity contribution in [1.29, 1.82) is 0 Å². The van der Waals surface area contributed by atoms with E-state index in [-0.39, 0.29) is 5.97 Å². The monoisotopic (exact) mass is 269 g/mol. The van der Waals surface area contributed by atoms with Crippen molar-refractivity contribution in [3.05, 3.63) is 35.9 Å². The second-order valence-electron chi connectivity index (χ2n) is 3.30. The van der Waals surface area contributed by atoms with Crippen LogP contribution >= 0.6 is 24.0 Å². The molecule has 5 heteroatoms. The van der Waals surface area contributed by atoms with Crippen LogP contribution in [0.4, 0.5) is 0 Å². The minimum atomic E-state index is -0.205. The molecule has 0 unspecified atom stereocenters. The van der Waals surface area contributed by atoms with Crippen LogP contribution < -0.4 is 5.32 Å². The molecule has 0 saturated carbocycles. The lowest BCUT2D eigenvalue weighted by atomic mass is 10.2. The molecule has 0 aromatic heterocycles. The number of benzene rings is 1. The van der Waals surface area contributed by atoms with Crippen molar-refractivity contribution in [2.45, 2.75) is 13.0 Å². The van der Waals surface area contributed by atoms with Gasteiger partial charge in [-0.3, -0.25) is 4.79 Å². The molecule has 92 valence electrons. The third-order valence-electron chi connectivity index (χ3n) is 2.05. The molecule has 0 bridgehead atoms. The van der Waals surface area contributed by atoms with Gasteiger partial charge in [0.2, 0.25) is 0 Å². The molecule has 0 aliphatic carbocycles. The van der Waals surface area contributed by atoms with Crippen LogP contribution in [-0.4, -0.2) is 23.2 Å². The number of carbonyl (C=O) groups is 1. The highest BCUT2D eigenvalue weighted by Crippen LogP contribution is 2.06. The Bertz CT molecular complexity index is 368. The summed E-state index contributed by atoms with van der Waals surface area (Å²) in [5.74, 6) is 0.441. The summed E-state index contributed by atoms with van der Waals surface area (Å²) in [7, 11) is 1.39. The molecular formula is C12H15NO2S2. The van der Waals surface area contributed by atoms with Gasteiger partial charge >= 0.3 is 5.97 Å². The standard InChI is InChI=1S/C12H15NO2S2/c1-15-11(14)7-8-17-12(16)13-9-10-5-3-2-4-6-10/h2-6H,7-9H2,1H3,(H,13,16). The van der Waals surface area contributed by atoms with Gasteiger partial charge in [-0.05, 0) is 5.56 Å². The third-order valence-corrected chi connectivity index (χ3v) is 3.36. The molecule has 17 heavy (non-hydrogen) atoms. The van der Waals surface area contributed by atoms with Crippen LogP contribution in [0.5, 0.6) is 0 Å². The van der Waals surface area contributed by atoms with Gasteiger partial charge in [-0.15, -0.1) is 0 Å². The first kappa shape index (κ1) is 14.0. The van der Waals surface area contributed by atoms with Crippen molar-refractivity contribution >= 4 is 34.3 Å². The average molecular weight is 269 g/mol. The molecule has 1 aromatic carbocycles. The molecule has 3 nitrogen and oxygen atoms in total. The first-order chi connectivity index (χ1) is 8.22. The van der Waals surface area contributed by atoms with Crippen LogP contribution in [-0.2, 0) is 16.1 Å². The molecule has 0 radical (unpaired) electrons. The second-order valence-corrected chi connectivity index (χ2v) is 5.07. The number of methoxy groups -OCH3 is 1. The van der Waals surface area contributed by atoms with Crippen LogP contribution in [0.3, 0.4) is 0 Å². The molecule has 0 heterocycles. The van der Waals surface area contributed by atoms with E-state index in [4.69, 9.17) is 12.2 Å². The van der Waals surface area contributed by atoms with Gasteiger partial charge in [-0.1, -0.05) is 54.3 Å². The zero-order valence-corrected chi connectivity index (χ0v) is 11.3. The predicted octanol–water partition coefficient (Wildman–Crippen LogP) is 2.36. The number of thioether (sulfide) groups is 1. The molecular weight excluding hydrogens is 254 g/mol. The van der Waals surface area contributed by atoms with Gasteiger partial charge in [0.15, 0.2) is 0 Å². The lowest BCUT2D eigenvalue weighted by molar-refractivity contribution is -0.140. The number of thiocarbonyl (C=S) groups is 1. The minimum absolute atomic E-state index is 0.205. The van der Waals surface area contributed by atoms with E-state index in [9.17, 15) is 4.79 Å². The van der Waals surface area contributed by atoms with E-state index in [1.807, 2.05) is 30.3 Å². The molecule has 0 saturated heterocycles. The molecule has 0 aliphatic heterocycles. The summed E-state index contributed by atoms with van der Waals surface area (Å²) in [5, 5.41) is 3.13. The first-order valence-electron chi connectivity index (χ1n) is 5.23. The van der Waals surface area contributed by atoms with Gasteiger partial charge in [0.05, 0.1) is 13.5 Å². The van der Waals surface area contributed by atoms with Gasteiger partial charge in [0.1, 0.15) is 4.32 Å². The zero-order valence-electron chi connectivity index (χ0n) is 9.64. The summed E-state index contributed by atoms with van der Waals surface area (Å²) in [6, 6.07) is 10.0. The molecule has 1 N–H and O–H groups in total. The number of rotatable bonds is 5. The number of esters is 1. The van der Waals surface area contributed by atoms with E-state index in [0.29, 0.717) is 23.0 Å². The molecule has 1 aromatic rings. The molecule has 0 spiro atoms. The summed E-state index contributed by atoms with van der Waals surface area (Å²) in [6.07, 6.45) is 0.383. The maximum absolute atomic E-state index is 10.9. The fourth-order valence-electron chi connectivity index (χ4n) is 1.15. The van der Waals surface area contributed by atoms with E-state index < -0.39 is 0 Å². The summed E-state index contributed by atoms with van der Waals surface area (Å²) in [6.45, 7) is 0.713. The largest absolute Gasteiger partial charge is 0.469 e. The highest BCUT2D eigenvalue weighted by molar-refractivity contribution is 8.22. The van der Waals surface area contributed by atoms with Crippen LogP contribution in [0.15, 0.2) is 30.3 Å².